The third kappa shape index (κ3) is 3.17. The number of aromatic nitrogens is 3. The molecule has 6 heteroatoms. The second-order valence-corrected chi connectivity index (χ2v) is 4.75. The summed E-state index contributed by atoms with van der Waals surface area (Å²) in [6.07, 6.45) is 8.89. The van der Waals surface area contributed by atoms with Crippen LogP contribution in [-0.2, 0) is 0 Å². The molecule has 20 heavy (non-hydrogen) atoms. The van der Waals surface area contributed by atoms with Crippen molar-refractivity contribution in [1.29, 1.82) is 0 Å². The van der Waals surface area contributed by atoms with Gasteiger partial charge in [0.05, 0.1) is 6.20 Å². The largest absolute Gasteiger partial charge is 1.00 e. The Hall–Kier alpha value is -1.43. The molecule has 4 nitrogen and oxygen atoms in total. The van der Waals surface area contributed by atoms with Crippen LogP contribution in [0.15, 0.2) is 42.9 Å². The highest BCUT2D eigenvalue weighted by molar-refractivity contribution is 6.30. The van der Waals surface area contributed by atoms with Crippen molar-refractivity contribution in [3.8, 4) is 11.4 Å². The van der Waals surface area contributed by atoms with Gasteiger partial charge in [0.1, 0.15) is 18.5 Å². The van der Waals surface area contributed by atoms with Crippen LogP contribution in [0.4, 0.5) is 0 Å². The molecule has 0 unspecified atom stereocenters. The van der Waals surface area contributed by atoms with Crippen LogP contribution in [0.5, 0.6) is 0 Å². The number of benzene rings is 1. The molecule has 0 N–H and O–H groups in total. The third-order valence-corrected chi connectivity index (χ3v) is 3.05. The summed E-state index contributed by atoms with van der Waals surface area (Å²) in [6.45, 7) is 0.748. The summed E-state index contributed by atoms with van der Waals surface area (Å²) >= 11 is 5.97. The normalized spacial score (nSPS) is 13.5. The first kappa shape index (κ1) is 15.0. The fourth-order valence-corrected chi connectivity index (χ4v) is 2.00. The van der Waals surface area contributed by atoms with E-state index in [1.54, 1.807) is 11.0 Å². The highest BCUT2D eigenvalue weighted by Crippen LogP contribution is 2.20. The first-order chi connectivity index (χ1) is 9.22. The molecule has 1 aromatic carbocycles. The molecular formula is C14H12ClIN4. The van der Waals surface area contributed by atoms with Gasteiger partial charge in [0.25, 0.3) is 5.70 Å². The minimum atomic E-state index is 0. The van der Waals surface area contributed by atoms with Gasteiger partial charge in [-0.15, -0.1) is 5.10 Å². The SMILES string of the molecule is CN1C=CC(n2cnc(-c3cccc(Cl)c3)n2)=[C+]C1.[I-]. The second-order valence-electron chi connectivity index (χ2n) is 4.32. The molecule has 0 radical (unpaired) electrons. The van der Waals surface area contributed by atoms with Gasteiger partial charge in [-0.1, -0.05) is 23.7 Å². The monoisotopic (exact) mass is 398 g/mol. The van der Waals surface area contributed by atoms with Crippen LogP contribution < -0.4 is 24.0 Å². The lowest BCUT2D eigenvalue weighted by molar-refractivity contribution is -0.00000385. The zero-order chi connectivity index (χ0) is 13.2. The zero-order valence-electron chi connectivity index (χ0n) is 10.8. The van der Waals surface area contributed by atoms with Crippen LogP contribution >= 0.6 is 11.6 Å². The summed E-state index contributed by atoms with van der Waals surface area (Å²) in [5.74, 6) is 0.657. The van der Waals surface area contributed by atoms with Crippen molar-refractivity contribution in [3.05, 3.63) is 54.0 Å². The van der Waals surface area contributed by atoms with Crippen molar-refractivity contribution in [2.45, 2.75) is 0 Å². The fraction of sp³-hybridized carbons (Fsp3) is 0.143. The van der Waals surface area contributed by atoms with Crippen molar-refractivity contribution in [1.82, 2.24) is 19.7 Å². The van der Waals surface area contributed by atoms with E-state index in [1.807, 2.05) is 48.5 Å². The van der Waals surface area contributed by atoms with Gasteiger partial charge in [-0.2, -0.15) is 4.68 Å². The van der Waals surface area contributed by atoms with Gasteiger partial charge in [-0.25, -0.2) is 4.98 Å². The Balaban J connectivity index is 0.00000147. The van der Waals surface area contributed by atoms with E-state index in [9.17, 15) is 0 Å². The molecule has 3 rings (SSSR count). The van der Waals surface area contributed by atoms with E-state index >= 15 is 0 Å². The van der Waals surface area contributed by atoms with Crippen LogP contribution in [0.25, 0.3) is 17.1 Å². The first-order valence-electron chi connectivity index (χ1n) is 5.89. The minimum absolute atomic E-state index is 0. The molecule has 1 aromatic heterocycles. The molecule has 0 saturated carbocycles. The van der Waals surface area contributed by atoms with Crippen molar-refractivity contribution < 1.29 is 24.0 Å². The molecule has 0 fully saturated rings. The highest BCUT2D eigenvalue weighted by atomic mass is 127. The number of allylic oxidation sites excluding steroid dienone is 2. The zero-order valence-corrected chi connectivity index (χ0v) is 13.7. The van der Waals surface area contributed by atoms with Crippen molar-refractivity contribution in [2.75, 3.05) is 13.6 Å². The minimum Gasteiger partial charge on any atom is -1.00 e. The van der Waals surface area contributed by atoms with Gasteiger partial charge in [0.2, 0.25) is 0 Å². The predicted molar refractivity (Wildman–Crippen MR) is 75.2 cm³/mol. The maximum absolute atomic E-state index is 5.97. The van der Waals surface area contributed by atoms with Gasteiger partial charge >= 0.3 is 0 Å². The first-order valence-corrected chi connectivity index (χ1v) is 6.27. The summed E-state index contributed by atoms with van der Waals surface area (Å²) in [6, 6.07) is 7.51. The Bertz CT molecular complexity index is 663. The quantitative estimate of drug-likeness (QED) is 0.515. The molecule has 0 bridgehead atoms. The lowest BCUT2D eigenvalue weighted by atomic mass is 10.2. The van der Waals surface area contributed by atoms with Gasteiger partial charge in [0, 0.05) is 17.6 Å². The summed E-state index contributed by atoms with van der Waals surface area (Å²) in [4.78, 5) is 6.35. The van der Waals surface area contributed by atoms with Crippen LogP contribution in [0, 0.1) is 6.08 Å². The molecule has 102 valence electrons. The molecule has 0 atom stereocenters. The number of halogens is 2. The number of hydrogen-bond donors (Lipinski definition) is 0. The van der Waals surface area contributed by atoms with Crippen molar-refractivity contribution in [3.63, 3.8) is 0 Å². The smallest absolute Gasteiger partial charge is 0.288 e. The van der Waals surface area contributed by atoms with Gasteiger partial charge in [-0.3, -0.25) is 0 Å². The summed E-state index contributed by atoms with van der Waals surface area (Å²) in [5.41, 5.74) is 1.81. The third-order valence-electron chi connectivity index (χ3n) is 2.82. The Morgan fingerprint density at radius 1 is 1.35 bits per heavy atom. The van der Waals surface area contributed by atoms with Gasteiger partial charge in [-0.05, 0) is 12.1 Å². The molecule has 0 amide bonds. The van der Waals surface area contributed by atoms with E-state index in [0.29, 0.717) is 10.8 Å². The number of hydrogen-bond acceptors (Lipinski definition) is 3. The number of likely N-dealkylation sites (N-methyl/N-ethyl adjacent to an activating group) is 1. The Kier molecular flexibility index (Phi) is 4.75. The van der Waals surface area contributed by atoms with Crippen LogP contribution in [0.3, 0.4) is 0 Å². The van der Waals surface area contributed by atoms with Crippen LogP contribution in [0.1, 0.15) is 0 Å². The molecule has 1 aliphatic heterocycles. The Morgan fingerprint density at radius 2 is 2.20 bits per heavy atom. The van der Waals surface area contributed by atoms with Crippen LogP contribution in [0.2, 0.25) is 5.02 Å². The summed E-state index contributed by atoms with van der Waals surface area (Å²) in [7, 11) is 2.00. The molecule has 2 heterocycles. The highest BCUT2D eigenvalue weighted by Gasteiger charge is 2.16. The van der Waals surface area contributed by atoms with Gasteiger partial charge < -0.3 is 28.9 Å². The number of rotatable bonds is 2. The Labute approximate surface area is 139 Å². The van der Waals surface area contributed by atoms with Gasteiger partial charge in [0.15, 0.2) is 12.4 Å². The van der Waals surface area contributed by atoms with E-state index in [2.05, 4.69) is 16.2 Å². The summed E-state index contributed by atoms with van der Waals surface area (Å²) < 4.78 is 1.72. The Morgan fingerprint density at radius 3 is 2.90 bits per heavy atom. The van der Waals surface area contributed by atoms with Crippen molar-refractivity contribution in [2.24, 2.45) is 0 Å². The fourth-order valence-electron chi connectivity index (χ4n) is 1.81. The van der Waals surface area contributed by atoms with Crippen molar-refractivity contribution >= 4 is 17.3 Å². The lowest BCUT2D eigenvalue weighted by Gasteiger charge is -2.07. The van der Waals surface area contributed by atoms with E-state index in [4.69, 9.17) is 11.6 Å². The van der Waals surface area contributed by atoms with Crippen LogP contribution in [-0.4, -0.2) is 33.3 Å². The van der Waals surface area contributed by atoms with E-state index in [0.717, 1.165) is 17.8 Å². The molecule has 1 aliphatic rings. The molecule has 0 spiro atoms. The lowest BCUT2D eigenvalue weighted by Crippen LogP contribution is -3.00. The molecule has 2 aromatic rings. The standard InChI is InChI=1S/C14H12ClN4.HI/c1-18-7-5-13(6-8-18)19-10-16-14(17-19)11-3-2-4-12(15)9-11;/h2-5,7,9-10H,8H2,1H3;1H/q+1;/p-1. The molecule has 0 aliphatic carbocycles. The van der Waals surface area contributed by atoms with E-state index in [1.165, 1.54) is 0 Å². The van der Waals surface area contributed by atoms with E-state index in [-0.39, 0.29) is 24.0 Å². The average Bonchev–Trinajstić information content (AvgIpc) is 2.89. The topological polar surface area (TPSA) is 34.0 Å². The molecule has 0 saturated heterocycles. The number of nitrogens with zero attached hydrogens (tertiary/aromatic N) is 4. The summed E-state index contributed by atoms with van der Waals surface area (Å²) in [5, 5.41) is 5.13. The van der Waals surface area contributed by atoms with E-state index < -0.39 is 0 Å². The maximum atomic E-state index is 5.97. The average molecular weight is 399 g/mol. The second kappa shape index (κ2) is 6.35. The predicted octanol–water partition coefficient (Wildman–Crippen LogP) is -0.294. The molecular weight excluding hydrogens is 387 g/mol. The maximum Gasteiger partial charge on any atom is 0.288 e.